The van der Waals surface area contributed by atoms with Gasteiger partial charge < -0.3 is 4.98 Å². The van der Waals surface area contributed by atoms with Crippen LogP contribution in [0.1, 0.15) is 19.0 Å². The number of rotatable bonds is 2. The molecule has 0 bridgehead atoms. The number of hydrogen-bond acceptors (Lipinski definition) is 1. The predicted molar refractivity (Wildman–Crippen MR) is 63.5 cm³/mol. The summed E-state index contributed by atoms with van der Waals surface area (Å²) in [6, 6.07) is 4.17. The van der Waals surface area contributed by atoms with Crippen LogP contribution in [0.4, 0.5) is 4.39 Å². The molecule has 0 amide bonds. The molecule has 2 nitrogen and oxygen atoms in total. The number of aromatic nitrogens is 1. The maximum Gasteiger partial charge on any atom is 0.189 e. The molecule has 0 saturated carbocycles. The normalized spacial score (nSPS) is 10.9. The number of fused-ring (bicyclic) bond motifs is 1. The molecular formula is C12H11ClFNO. The Bertz CT molecular complexity index is 591. The SMILES string of the molecule is CCCc1cc(=O)c2cc(Cl)c(F)cc2[nH]1. The molecule has 0 aliphatic rings. The molecule has 2 aromatic rings. The van der Waals surface area contributed by atoms with Gasteiger partial charge in [-0.1, -0.05) is 24.9 Å². The molecular weight excluding hydrogens is 229 g/mol. The van der Waals surface area contributed by atoms with Gasteiger partial charge in [0, 0.05) is 17.1 Å². The van der Waals surface area contributed by atoms with Crippen LogP contribution in [0.5, 0.6) is 0 Å². The van der Waals surface area contributed by atoms with Gasteiger partial charge in [0.15, 0.2) is 5.43 Å². The molecule has 0 aliphatic carbocycles. The van der Waals surface area contributed by atoms with Crippen molar-refractivity contribution in [2.45, 2.75) is 19.8 Å². The van der Waals surface area contributed by atoms with E-state index in [-0.39, 0.29) is 10.5 Å². The van der Waals surface area contributed by atoms with Crippen molar-refractivity contribution >= 4 is 22.5 Å². The smallest absolute Gasteiger partial charge is 0.189 e. The zero-order valence-electron chi connectivity index (χ0n) is 8.81. The maximum absolute atomic E-state index is 13.2. The fourth-order valence-electron chi connectivity index (χ4n) is 1.70. The molecule has 0 unspecified atom stereocenters. The third kappa shape index (κ3) is 1.95. The fourth-order valence-corrected chi connectivity index (χ4v) is 1.87. The molecule has 0 spiro atoms. The van der Waals surface area contributed by atoms with Crippen molar-refractivity contribution in [1.82, 2.24) is 4.98 Å². The highest BCUT2D eigenvalue weighted by Gasteiger charge is 2.06. The summed E-state index contributed by atoms with van der Waals surface area (Å²) < 4.78 is 13.2. The zero-order chi connectivity index (χ0) is 11.7. The highest BCUT2D eigenvalue weighted by atomic mass is 35.5. The second-order valence-corrected chi connectivity index (χ2v) is 4.13. The largest absolute Gasteiger partial charge is 0.358 e. The summed E-state index contributed by atoms with van der Waals surface area (Å²) in [5.41, 5.74) is 1.19. The second-order valence-electron chi connectivity index (χ2n) is 3.72. The van der Waals surface area contributed by atoms with Crippen molar-refractivity contribution < 1.29 is 4.39 Å². The molecule has 1 N–H and O–H groups in total. The van der Waals surface area contributed by atoms with Crippen molar-refractivity contribution in [3.8, 4) is 0 Å². The van der Waals surface area contributed by atoms with Gasteiger partial charge in [0.25, 0.3) is 0 Å². The molecule has 1 aromatic carbocycles. The van der Waals surface area contributed by atoms with Gasteiger partial charge in [-0.3, -0.25) is 4.79 Å². The molecule has 1 heterocycles. The summed E-state index contributed by atoms with van der Waals surface area (Å²) >= 11 is 5.63. The Morgan fingerprint density at radius 1 is 1.38 bits per heavy atom. The number of benzene rings is 1. The van der Waals surface area contributed by atoms with Gasteiger partial charge in [0.1, 0.15) is 5.82 Å². The summed E-state index contributed by atoms with van der Waals surface area (Å²) in [5.74, 6) is -0.515. The van der Waals surface area contributed by atoms with Gasteiger partial charge in [-0.25, -0.2) is 4.39 Å². The van der Waals surface area contributed by atoms with Crippen LogP contribution >= 0.6 is 11.6 Å². The van der Waals surface area contributed by atoms with Crippen molar-refractivity contribution in [3.05, 3.63) is 45.0 Å². The quantitative estimate of drug-likeness (QED) is 0.857. The third-order valence-corrected chi connectivity index (χ3v) is 2.74. The minimum absolute atomic E-state index is 0.0266. The first kappa shape index (κ1) is 11.1. The number of halogens is 2. The van der Waals surface area contributed by atoms with E-state index >= 15 is 0 Å². The van der Waals surface area contributed by atoms with Gasteiger partial charge in [-0.2, -0.15) is 0 Å². The van der Waals surface area contributed by atoms with Gasteiger partial charge in [-0.15, -0.1) is 0 Å². The van der Waals surface area contributed by atoms with Gasteiger partial charge in [0.2, 0.25) is 0 Å². The van der Waals surface area contributed by atoms with Crippen molar-refractivity contribution in [1.29, 1.82) is 0 Å². The molecule has 0 atom stereocenters. The molecule has 0 saturated heterocycles. The van der Waals surface area contributed by atoms with E-state index in [0.717, 1.165) is 18.5 Å². The van der Waals surface area contributed by atoms with Gasteiger partial charge in [0.05, 0.1) is 10.5 Å². The molecule has 2 rings (SSSR count). The Kier molecular flexibility index (Phi) is 2.97. The molecule has 16 heavy (non-hydrogen) atoms. The minimum atomic E-state index is -0.515. The monoisotopic (exact) mass is 239 g/mol. The second kappa shape index (κ2) is 4.26. The highest BCUT2D eigenvalue weighted by Crippen LogP contribution is 2.19. The lowest BCUT2D eigenvalue weighted by Crippen LogP contribution is -2.05. The zero-order valence-corrected chi connectivity index (χ0v) is 9.57. The first-order chi connectivity index (χ1) is 7.61. The first-order valence-electron chi connectivity index (χ1n) is 5.12. The van der Waals surface area contributed by atoms with E-state index in [0.29, 0.717) is 10.9 Å². The lowest BCUT2D eigenvalue weighted by Gasteiger charge is -2.04. The Balaban J connectivity index is 2.72. The van der Waals surface area contributed by atoms with Crippen molar-refractivity contribution in [2.24, 2.45) is 0 Å². The van der Waals surface area contributed by atoms with E-state index in [2.05, 4.69) is 4.98 Å². The Labute approximate surface area is 97.1 Å². The molecule has 1 aromatic heterocycles. The van der Waals surface area contributed by atoms with E-state index in [4.69, 9.17) is 11.6 Å². The van der Waals surface area contributed by atoms with Crippen molar-refractivity contribution in [2.75, 3.05) is 0 Å². The standard InChI is InChI=1S/C12H11ClFNO/c1-2-3-7-4-12(16)8-5-9(13)10(14)6-11(8)15-7/h4-6H,2-3H2,1H3,(H,15,16). The molecule has 0 fully saturated rings. The highest BCUT2D eigenvalue weighted by molar-refractivity contribution is 6.31. The average molecular weight is 240 g/mol. The summed E-state index contributed by atoms with van der Waals surface area (Å²) in [4.78, 5) is 14.8. The summed E-state index contributed by atoms with van der Waals surface area (Å²) in [6.07, 6.45) is 1.70. The summed E-state index contributed by atoms with van der Waals surface area (Å²) in [7, 11) is 0. The Morgan fingerprint density at radius 3 is 2.81 bits per heavy atom. The Hall–Kier alpha value is -1.35. The third-order valence-electron chi connectivity index (χ3n) is 2.45. The first-order valence-corrected chi connectivity index (χ1v) is 5.50. The van der Waals surface area contributed by atoms with Gasteiger partial charge in [-0.05, 0) is 18.6 Å². The van der Waals surface area contributed by atoms with Crippen LogP contribution < -0.4 is 5.43 Å². The lowest BCUT2D eigenvalue weighted by molar-refractivity contribution is 0.629. The maximum atomic E-state index is 13.2. The number of pyridine rings is 1. The van der Waals surface area contributed by atoms with Crippen LogP contribution in [0.25, 0.3) is 10.9 Å². The van der Waals surface area contributed by atoms with E-state index in [1.54, 1.807) is 6.07 Å². The average Bonchev–Trinajstić information content (AvgIpc) is 2.22. The van der Waals surface area contributed by atoms with Crippen LogP contribution in [0.15, 0.2) is 23.0 Å². The van der Waals surface area contributed by atoms with Crippen LogP contribution in [0.2, 0.25) is 5.02 Å². The number of nitrogens with one attached hydrogen (secondary N) is 1. The van der Waals surface area contributed by atoms with Crippen LogP contribution in [0.3, 0.4) is 0 Å². The minimum Gasteiger partial charge on any atom is -0.358 e. The number of aryl methyl sites for hydroxylation is 1. The van der Waals surface area contributed by atoms with Crippen LogP contribution in [0, 0.1) is 5.82 Å². The van der Waals surface area contributed by atoms with Gasteiger partial charge >= 0.3 is 0 Å². The van der Waals surface area contributed by atoms with Crippen LogP contribution in [-0.4, -0.2) is 4.98 Å². The van der Waals surface area contributed by atoms with Crippen LogP contribution in [-0.2, 0) is 6.42 Å². The number of aromatic amines is 1. The van der Waals surface area contributed by atoms with E-state index in [1.807, 2.05) is 6.92 Å². The van der Waals surface area contributed by atoms with E-state index in [9.17, 15) is 9.18 Å². The topological polar surface area (TPSA) is 32.9 Å². The molecule has 4 heteroatoms. The molecule has 84 valence electrons. The van der Waals surface area contributed by atoms with Crippen molar-refractivity contribution in [3.63, 3.8) is 0 Å². The van der Waals surface area contributed by atoms with E-state index < -0.39 is 5.82 Å². The molecule has 0 radical (unpaired) electrons. The summed E-state index contributed by atoms with van der Waals surface area (Å²) in [5, 5.41) is 0.396. The van der Waals surface area contributed by atoms with E-state index in [1.165, 1.54) is 12.1 Å². The molecule has 0 aliphatic heterocycles. The number of H-pyrrole nitrogens is 1. The lowest BCUT2D eigenvalue weighted by atomic mass is 10.1. The Morgan fingerprint density at radius 2 is 2.12 bits per heavy atom. The fraction of sp³-hybridized carbons (Fsp3) is 0.250. The summed E-state index contributed by atoms with van der Waals surface area (Å²) in [6.45, 7) is 2.02. The number of hydrogen-bond donors (Lipinski definition) is 1. The predicted octanol–water partition coefficient (Wildman–Crippen LogP) is 3.27.